The lowest BCUT2D eigenvalue weighted by Gasteiger charge is -2.07. The van der Waals surface area contributed by atoms with Gasteiger partial charge in [-0.3, -0.25) is 4.79 Å². The van der Waals surface area contributed by atoms with Crippen LogP contribution >= 0.6 is 23.1 Å². The zero-order valence-corrected chi connectivity index (χ0v) is 11.1. The number of thiazole rings is 1. The number of carbonyl (C=O) groups is 1. The number of aliphatic carboxylic acids is 1. The van der Waals surface area contributed by atoms with Gasteiger partial charge in [-0.1, -0.05) is 11.8 Å². The summed E-state index contributed by atoms with van der Waals surface area (Å²) in [6, 6.07) is 0. The first-order chi connectivity index (χ1) is 7.58. The number of nitrogens with zero attached hydrogens (tertiary/aromatic N) is 2. The molecule has 0 aliphatic carbocycles. The minimum atomic E-state index is -0.825. The molecule has 0 fully saturated rings. The number of rotatable bonds is 7. The molecule has 1 aromatic heterocycles. The van der Waals surface area contributed by atoms with Gasteiger partial charge in [0.15, 0.2) is 0 Å². The molecule has 1 rings (SSSR count). The largest absolute Gasteiger partial charge is 0.481 e. The van der Waals surface area contributed by atoms with E-state index in [1.54, 1.807) is 11.8 Å². The Hall–Kier alpha value is -0.590. The smallest absolute Gasteiger partial charge is 0.309 e. The molecule has 90 valence electrons. The Kier molecular flexibility index (Phi) is 5.79. The highest BCUT2D eigenvalue weighted by Gasteiger charge is 2.06. The third-order valence-corrected chi connectivity index (χ3v) is 3.99. The highest BCUT2D eigenvalue weighted by molar-refractivity contribution is 8.00. The van der Waals surface area contributed by atoms with Crippen LogP contribution in [0.25, 0.3) is 0 Å². The average Bonchev–Trinajstić information content (AvgIpc) is 2.59. The average molecular weight is 260 g/mol. The molecule has 1 aromatic rings. The first-order valence-corrected chi connectivity index (χ1v) is 6.88. The number of thioether (sulfide) groups is 1. The van der Waals surface area contributed by atoms with E-state index in [-0.39, 0.29) is 6.42 Å². The van der Waals surface area contributed by atoms with Crippen LogP contribution in [0, 0.1) is 0 Å². The van der Waals surface area contributed by atoms with Crippen molar-refractivity contribution >= 4 is 29.1 Å². The van der Waals surface area contributed by atoms with Crippen molar-refractivity contribution in [3.05, 3.63) is 11.1 Å². The quantitative estimate of drug-likeness (QED) is 0.598. The van der Waals surface area contributed by atoms with Crippen molar-refractivity contribution in [2.24, 2.45) is 0 Å². The first-order valence-electron chi connectivity index (χ1n) is 5.01. The van der Waals surface area contributed by atoms with E-state index in [0.29, 0.717) is 5.69 Å². The van der Waals surface area contributed by atoms with E-state index < -0.39 is 5.97 Å². The molecule has 0 aliphatic rings. The maximum Gasteiger partial charge on any atom is 0.309 e. The van der Waals surface area contributed by atoms with E-state index in [1.165, 1.54) is 11.3 Å². The zero-order valence-electron chi connectivity index (χ0n) is 9.47. The van der Waals surface area contributed by atoms with Crippen LogP contribution in [0.5, 0.6) is 0 Å². The maximum atomic E-state index is 10.5. The molecular formula is C10H16N2O2S2. The van der Waals surface area contributed by atoms with E-state index in [0.717, 1.165) is 23.1 Å². The Morgan fingerprint density at radius 2 is 2.38 bits per heavy atom. The third-order valence-electron chi connectivity index (χ3n) is 1.84. The Labute approximate surface area is 104 Å². The van der Waals surface area contributed by atoms with Gasteiger partial charge >= 0.3 is 5.97 Å². The minimum Gasteiger partial charge on any atom is -0.481 e. The predicted molar refractivity (Wildman–Crippen MR) is 67.3 cm³/mol. The number of carboxylic acid groups (broad SMARTS) is 1. The Morgan fingerprint density at radius 1 is 1.62 bits per heavy atom. The second kappa shape index (κ2) is 6.88. The fourth-order valence-electron chi connectivity index (χ4n) is 1.13. The van der Waals surface area contributed by atoms with Crippen LogP contribution < -0.4 is 0 Å². The monoisotopic (exact) mass is 260 g/mol. The van der Waals surface area contributed by atoms with Crippen LogP contribution in [0.15, 0.2) is 9.72 Å². The van der Waals surface area contributed by atoms with Gasteiger partial charge in [0.05, 0.1) is 12.1 Å². The fourth-order valence-corrected chi connectivity index (χ4v) is 2.97. The lowest BCUT2D eigenvalue weighted by molar-refractivity contribution is -0.136. The van der Waals surface area contributed by atoms with Crippen molar-refractivity contribution in [1.82, 2.24) is 9.88 Å². The summed E-state index contributed by atoms with van der Waals surface area (Å²) in [7, 11) is 4.11. The standard InChI is InChI=1S/C10H16N2O2S2/c1-12(2)4-3-5-15-10-11-8(7-16-10)6-9(13)14/h7H,3-6H2,1-2H3,(H,13,14). The van der Waals surface area contributed by atoms with Gasteiger partial charge in [0.2, 0.25) is 0 Å². The van der Waals surface area contributed by atoms with Crippen molar-refractivity contribution < 1.29 is 9.90 Å². The molecule has 0 saturated heterocycles. The summed E-state index contributed by atoms with van der Waals surface area (Å²) in [5.74, 6) is 0.201. The third kappa shape index (κ3) is 5.48. The molecule has 0 bridgehead atoms. The van der Waals surface area contributed by atoms with Crippen molar-refractivity contribution in [2.75, 3.05) is 26.4 Å². The number of aromatic nitrogens is 1. The predicted octanol–water partition coefficient (Wildman–Crippen LogP) is 1.81. The summed E-state index contributed by atoms with van der Waals surface area (Å²) < 4.78 is 0.968. The van der Waals surface area contributed by atoms with Crippen LogP contribution in [-0.4, -0.2) is 47.4 Å². The molecule has 4 nitrogen and oxygen atoms in total. The lowest BCUT2D eigenvalue weighted by atomic mass is 10.3. The summed E-state index contributed by atoms with van der Waals surface area (Å²) in [5, 5.41) is 10.4. The van der Waals surface area contributed by atoms with Gasteiger partial charge in [0.1, 0.15) is 4.34 Å². The first kappa shape index (κ1) is 13.5. The molecule has 1 N–H and O–H groups in total. The van der Waals surface area contributed by atoms with Crippen LogP contribution in [0.2, 0.25) is 0 Å². The van der Waals surface area contributed by atoms with Gasteiger partial charge in [-0.25, -0.2) is 4.98 Å². The SMILES string of the molecule is CN(C)CCCSc1nc(CC(=O)O)cs1. The fraction of sp³-hybridized carbons (Fsp3) is 0.600. The van der Waals surface area contributed by atoms with Crippen molar-refractivity contribution in [2.45, 2.75) is 17.2 Å². The Bertz CT molecular complexity index is 339. The summed E-state index contributed by atoms with van der Waals surface area (Å²) in [4.78, 5) is 16.9. The van der Waals surface area contributed by atoms with Crippen molar-refractivity contribution in [3.63, 3.8) is 0 Å². The van der Waals surface area contributed by atoms with Crippen LogP contribution in [0.3, 0.4) is 0 Å². The molecule has 0 saturated carbocycles. The van der Waals surface area contributed by atoms with Gasteiger partial charge in [-0.2, -0.15) is 0 Å². The Balaban J connectivity index is 2.26. The van der Waals surface area contributed by atoms with E-state index in [2.05, 4.69) is 24.0 Å². The normalized spacial score (nSPS) is 10.9. The molecular weight excluding hydrogens is 244 g/mol. The number of hydrogen-bond acceptors (Lipinski definition) is 5. The number of carboxylic acids is 1. The molecule has 0 amide bonds. The summed E-state index contributed by atoms with van der Waals surface area (Å²) >= 11 is 3.22. The van der Waals surface area contributed by atoms with Crippen LogP contribution in [0.1, 0.15) is 12.1 Å². The zero-order chi connectivity index (χ0) is 12.0. The van der Waals surface area contributed by atoms with Gasteiger partial charge in [0.25, 0.3) is 0 Å². The topological polar surface area (TPSA) is 53.4 Å². The molecule has 0 aromatic carbocycles. The minimum absolute atomic E-state index is 0.0226. The summed E-state index contributed by atoms with van der Waals surface area (Å²) in [6.45, 7) is 1.07. The van der Waals surface area contributed by atoms with E-state index in [9.17, 15) is 4.79 Å². The molecule has 0 aliphatic heterocycles. The van der Waals surface area contributed by atoms with Crippen LogP contribution in [0.4, 0.5) is 0 Å². The van der Waals surface area contributed by atoms with Crippen molar-refractivity contribution in [3.8, 4) is 0 Å². The molecule has 0 atom stereocenters. The van der Waals surface area contributed by atoms with Crippen molar-refractivity contribution in [1.29, 1.82) is 0 Å². The molecule has 0 spiro atoms. The molecule has 6 heteroatoms. The summed E-state index contributed by atoms with van der Waals surface area (Å²) in [5.41, 5.74) is 0.660. The van der Waals surface area contributed by atoms with Crippen LogP contribution in [-0.2, 0) is 11.2 Å². The van der Waals surface area contributed by atoms with E-state index >= 15 is 0 Å². The highest BCUT2D eigenvalue weighted by atomic mass is 32.2. The van der Waals surface area contributed by atoms with E-state index in [1.807, 2.05) is 5.38 Å². The molecule has 0 unspecified atom stereocenters. The highest BCUT2D eigenvalue weighted by Crippen LogP contribution is 2.23. The molecule has 0 radical (unpaired) electrons. The van der Waals surface area contributed by atoms with E-state index in [4.69, 9.17) is 5.11 Å². The number of hydrogen-bond donors (Lipinski definition) is 1. The van der Waals surface area contributed by atoms with Gasteiger partial charge in [-0.05, 0) is 27.1 Å². The van der Waals surface area contributed by atoms with Gasteiger partial charge in [0, 0.05) is 11.1 Å². The summed E-state index contributed by atoms with van der Waals surface area (Å²) in [6.07, 6.45) is 1.14. The lowest BCUT2D eigenvalue weighted by Crippen LogP contribution is -2.13. The maximum absolute atomic E-state index is 10.5. The molecule has 16 heavy (non-hydrogen) atoms. The van der Waals surface area contributed by atoms with Gasteiger partial charge in [-0.15, -0.1) is 11.3 Å². The molecule has 1 heterocycles. The second-order valence-corrected chi connectivity index (χ2v) is 5.88. The Morgan fingerprint density at radius 3 is 3.00 bits per heavy atom. The van der Waals surface area contributed by atoms with Gasteiger partial charge < -0.3 is 10.0 Å². The second-order valence-electron chi connectivity index (χ2n) is 3.68.